The van der Waals surface area contributed by atoms with Gasteiger partial charge in [-0.2, -0.15) is 0 Å². The van der Waals surface area contributed by atoms with E-state index in [1.54, 1.807) is 0 Å². The van der Waals surface area contributed by atoms with Crippen molar-refractivity contribution in [2.45, 2.75) is 38.6 Å². The van der Waals surface area contributed by atoms with Gasteiger partial charge in [0.25, 0.3) is 11.5 Å². The number of amides is 1. The average molecular weight is 318 g/mol. The van der Waals surface area contributed by atoms with Gasteiger partial charge < -0.3 is 15.0 Å². The van der Waals surface area contributed by atoms with E-state index in [1.807, 2.05) is 6.92 Å². The third kappa shape index (κ3) is 3.46. The summed E-state index contributed by atoms with van der Waals surface area (Å²) < 4.78 is 4.93. The van der Waals surface area contributed by atoms with E-state index in [9.17, 15) is 14.4 Å². The lowest BCUT2D eigenvalue weighted by Crippen LogP contribution is -2.42. The molecule has 0 aliphatic heterocycles. The molecule has 2 aliphatic rings. The summed E-state index contributed by atoms with van der Waals surface area (Å²) in [6, 6.07) is 3.00. The number of pyridine rings is 1. The van der Waals surface area contributed by atoms with Gasteiger partial charge in [0.15, 0.2) is 6.61 Å². The molecule has 3 rings (SSSR count). The lowest BCUT2D eigenvalue weighted by atomic mass is 9.84. The number of H-pyrrole nitrogens is 1. The van der Waals surface area contributed by atoms with Crippen LogP contribution in [0.3, 0.4) is 0 Å². The molecular weight excluding hydrogens is 296 g/mol. The Morgan fingerprint density at radius 2 is 2.22 bits per heavy atom. The van der Waals surface area contributed by atoms with Crippen molar-refractivity contribution in [1.82, 2.24) is 10.3 Å². The van der Waals surface area contributed by atoms with Crippen molar-refractivity contribution in [3.05, 3.63) is 34.2 Å². The third-order valence-electron chi connectivity index (χ3n) is 5.20. The molecule has 0 radical (unpaired) electrons. The second-order valence-corrected chi connectivity index (χ2v) is 6.68. The molecule has 6 heteroatoms. The molecule has 2 fully saturated rings. The number of aromatic amines is 1. The Bertz CT molecular complexity index is 654. The summed E-state index contributed by atoms with van der Waals surface area (Å²) in [6.07, 6.45) is 6.50. The number of aromatic nitrogens is 1. The first-order valence-electron chi connectivity index (χ1n) is 8.18. The van der Waals surface area contributed by atoms with Crippen LogP contribution < -0.4 is 10.9 Å². The molecule has 2 aliphatic carbocycles. The van der Waals surface area contributed by atoms with E-state index in [0.29, 0.717) is 5.92 Å². The van der Waals surface area contributed by atoms with Gasteiger partial charge in [-0.15, -0.1) is 0 Å². The smallest absolute Gasteiger partial charge is 0.344 e. The van der Waals surface area contributed by atoms with Crippen LogP contribution in [0.2, 0.25) is 0 Å². The Hall–Kier alpha value is -2.11. The number of hydrogen-bond donors (Lipinski definition) is 2. The molecule has 23 heavy (non-hydrogen) atoms. The van der Waals surface area contributed by atoms with Crippen molar-refractivity contribution in [1.29, 1.82) is 0 Å². The van der Waals surface area contributed by atoms with Crippen LogP contribution >= 0.6 is 0 Å². The molecule has 1 heterocycles. The van der Waals surface area contributed by atoms with Crippen LogP contribution in [0, 0.1) is 17.8 Å². The molecule has 1 aromatic heterocycles. The molecule has 0 saturated heterocycles. The Kier molecular flexibility index (Phi) is 4.50. The van der Waals surface area contributed by atoms with E-state index >= 15 is 0 Å². The fourth-order valence-corrected chi connectivity index (χ4v) is 4.10. The van der Waals surface area contributed by atoms with Gasteiger partial charge in [-0.1, -0.05) is 6.42 Å². The molecule has 2 bridgehead atoms. The van der Waals surface area contributed by atoms with Gasteiger partial charge in [-0.3, -0.25) is 9.59 Å². The van der Waals surface area contributed by atoms with E-state index in [0.717, 1.165) is 11.8 Å². The number of nitrogens with one attached hydrogen (secondary N) is 2. The normalized spacial score (nSPS) is 26.7. The van der Waals surface area contributed by atoms with E-state index in [2.05, 4.69) is 10.3 Å². The molecule has 4 atom stereocenters. The quantitative estimate of drug-likeness (QED) is 0.805. The topological polar surface area (TPSA) is 88.3 Å². The van der Waals surface area contributed by atoms with Gasteiger partial charge in [0.05, 0.1) is 0 Å². The number of hydrogen-bond acceptors (Lipinski definition) is 4. The molecule has 0 aromatic carbocycles. The van der Waals surface area contributed by atoms with Crippen molar-refractivity contribution in [3.63, 3.8) is 0 Å². The summed E-state index contributed by atoms with van der Waals surface area (Å²) in [4.78, 5) is 37.6. The van der Waals surface area contributed by atoms with Gasteiger partial charge in [0.2, 0.25) is 0 Å². The summed E-state index contributed by atoms with van der Waals surface area (Å²) in [5, 5.41) is 2.93. The fraction of sp³-hybridized carbons (Fsp3) is 0.588. The maximum atomic E-state index is 12.0. The summed E-state index contributed by atoms with van der Waals surface area (Å²) in [5.41, 5.74) is -0.616. The number of fused-ring (bicyclic) bond motifs is 2. The van der Waals surface area contributed by atoms with Crippen LogP contribution in [0.15, 0.2) is 23.1 Å². The first kappa shape index (κ1) is 15.8. The highest BCUT2D eigenvalue weighted by molar-refractivity contribution is 5.90. The van der Waals surface area contributed by atoms with Gasteiger partial charge in [0, 0.05) is 12.2 Å². The van der Waals surface area contributed by atoms with E-state index in [1.165, 1.54) is 44.0 Å². The Labute approximate surface area is 134 Å². The van der Waals surface area contributed by atoms with Gasteiger partial charge in [-0.25, -0.2) is 4.79 Å². The van der Waals surface area contributed by atoms with Gasteiger partial charge in [-0.05, 0) is 56.1 Å². The molecule has 1 amide bonds. The highest BCUT2D eigenvalue weighted by atomic mass is 16.5. The van der Waals surface area contributed by atoms with Gasteiger partial charge >= 0.3 is 5.97 Å². The molecular formula is C17H22N2O4. The zero-order chi connectivity index (χ0) is 16.4. The standard InChI is InChI=1S/C17H22N2O4/c1-10(14-8-11-4-5-12(14)7-11)19-15(20)9-23-17(22)13-3-2-6-18-16(13)21/h2-3,6,10-12,14H,4-5,7-9H2,1H3,(H,18,21)(H,19,20). The minimum absolute atomic E-state index is 0.0941. The second kappa shape index (κ2) is 6.56. The summed E-state index contributed by atoms with van der Waals surface area (Å²) >= 11 is 0. The minimum Gasteiger partial charge on any atom is -0.452 e. The van der Waals surface area contributed by atoms with Crippen molar-refractivity contribution in [2.75, 3.05) is 6.61 Å². The number of ether oxygens (including phenoxy) is 1. The summed E-state index contributed by atoms with van der Waals surface area (Å²) in [5.74, 6) is 0.980. The maximum absolute atomic E-state index is 12.0. The van der Waals surface area contributed by atoms with Crippen LogP contribution in [0.25, 0.3) is 0 Å². The lowest BCUT2D eigenvalue weighted by molar-refractivity contribution is -0.125. The van der Waals surface area contributed by atoms with Crippen LogP contribution in [0.4, 0.5) is 0 Å². The van der Waals surface area contributed by atoms with Crippen LogP contribution in [-0.4, -0.2) is 29.5 Å². The second-order valence-electron chi connectivity index (χ2n) is 6.68. The zero-order valence-corrected chi connectivity index (χ0v) is 13.2. The minimum atomic E-state index is -0.783. The highest BCUT2D eigenvalue weighted by Gasteiger charge is 2.42. The zero-order valence-electron chi connectivity index (χ0n) is 13.2. The predicted octanol–water partition coefficient (Wildman–Crippen LogP) is 1.47. The number of esters is 1. The number of rotatable bonds is 5. The number of carbonyl (C=O) groups is 2. The number of carbonyl (C=O) groups excluding carboxylic acids is 2. The van der Waals surface area contributed by atoms with Crippen molar-refractivity contribution >= 4 is 11.9 Å². The van der Waals surface area contributed by atoms with E-state index < -0.39 is 11.5 Å². The first-order chi connectivity index (χ1) is 11.0. The Balaban J connectivity index is 1.47. The summed E-state index contributed by atoms with van der Waals surface area (Å²) in [6.45, 7) is 1.66. The lowest BCUT2D eigenvalue weighted by Gasteiger charge is -2.28. The Morgan fingerprint density at radius 1 is 1.39 bits per heavy atom. The fourth-order valence-electron chi connectivity index (χ4n) is 4.10. The van der Waals surface area contributed by atoms with Crippen LogP contribution in [0.1, 0.15) is 43.0 Å². The maximum Gasteiger partial charge on any atom is 0.344 e. The van der Waals surface area contributed by atoms with Crippen molar-refractivity contribution < 1.29 is 14.3 Å². The van der Waals surface area contributed by atoms with Crippen molar-refractivity contribution in [3.8, 4) is 0 Å². The van der Waals surface area contributed by atoms with Gasteiger partial charge in [0.1, 0.15) is 5.56 Å². The monoisotopic (exact) mass is 318 g/mol. The van der Waals surface area contributed by atoms with Crippen LogP contribution in [0.5, 0.6) is 0 Å². The van der Waals surface area contributed by atoms with E-state index in [4.69, 9.17) is 4.74 Å². The molecule has 4 unspecified atom stereocenters. The first-order valence-corrected chi connectivity index (χ1v) is 8.18. The highest BCUT2D eigenvalue weighted by Crippen LogP contribution is 2.49. The molecule has 1 aromatic rings. The third-order valence-corrected chi connectivity index (χ3v) is 5.20. The van der Waals surface area contributed by atoms with Crippen molar-refractivity contribution in [2.24, 2.45) is 17.8 Å². The molecule has 124 valence electrons. The summed E-state index contributed by atoms with van der Waals surface area (Å²) in [7, 11) is 0. The SMILES string of the molecule is CC(NC(=O)COC(=O)c1ccc[nH]c1=O)C1CC2CCC1C2. The molecule has 6 nitrogen and oxygen atoms in total. The largest absolute Gasteiger partial charge is 0.452 e. The predicted molar refractivity (Wildman–Crippen MR) is 83.9 cm³/mol. The average Bonchev–Trinajstić information content (AvgIpc) is 3.16. The van der Waals surface area contributed by atoms with Crippen LogP contribution in [-0.2, 0) is 9.53 Å². The molecule has 2 saturated carbocycles. The molecule has 2 N–H and O–H groups in total. The Morgan fingerprint density at radius 3 is 2.87 bits per heavy atom. The molecule has 0 spiro atoms. The van der Waals surface area contributed by atoms with E-state index in [-0.39, 0.29) is 24.1 Å².